The van der Waals surface area contributed by atoms with Crippen molar-refractivity contribution in [2.24, 2.45) is 4.99 Å². The highest BCUT2D eigenvalue weighted by molar-refractivity contribution is 6.12. The van der Waals surface area contributed by atoms with Crippen LogP contribution < -0.4 is 4.57 Å². The minimum Gasteiger partial charge on any atom is -0.455 e. The van der Waals surface area contributed by atoms with Gasteiger partial charge in [0.25, 0.3) is 0 Å². The summed E-state index contributed by atoms with van der Waals surface area (Å²) in [6.45, 7) is 18.3. The fourth-order valence-electron chi connectivity index (χ4n) is 9.55. The van der Waals surface area contributed by atoms with E-state index in [0.717, 1.165) is 74.3 Å². The van der Waals surface area contributed by atoms with Crippen LogP contribution in [0.3, 0.4) is 0 Å². The molecule has 0 N–H and O–H groups in total. The van der Waals surface area contributed by atoms with Gasteiger partial charge in [0.05, 0.1) is 18.0 Å². The highest BCUT2D eigenvalue weighted by Gasteiger charge is 2.40. The molecule has 3 aromatic heterocycles. The Bertz CT molecular complexity index is 2940. The van der Waals surface area contributed by atoms with Crippen molar-refractivity contribution < 1.29 is 8.98 Å². The number of imidazole rings is 1. The fraction of sp³-hybridized carbons (Fsp3) is 0.196. The smallest absolute Gasteiger partial charge is 0.304 e. The summed E-state index contributed by atoms with van der Waals surface area (Å²) in [5, 5.41) is 2.28. The Kier molecular flexibility index (Phi) is 7.86. The average molecular weight is 730 g/mol. The minimum atomic E-state index is -0.188. The van der Waals surface area contributed by atoms with Crippen LogP contribution in [0.5, 0.6) is 0 Å². The third kappa shape index (κ3) is 5.25. The molecule has 2 atom stereocenters. The Balaban J connectivity index is 1.33. The van der Waals surface area contributed by atoms with E-state index < -0.39 is 0 Å². The van der Waals surface area contributed by atoms with Crippen molar-refractivity contribution in [3.8, 4) is 28.2 Å². The van der Waals surface area contributed by atoms with Gasteiger partial charge in [-0.2, -0.15) is 9.13 Å². The number of aromatic nitrogens is 3. The zero-order valence-corrected chi connectivity index (χ0v) is 32.5. The highest BCUT2D eigenvalue weighted by atomic mass is 16.3. The lowest BCUT2D eigenvalue weighted by atomic mass is 9.78. The first-order valence-electron chi connectivity index (χ1n) is 19.7. The summed E-state index contributed by atoms with van der Waals surface area (Å²) in [5.74, 6) is 1.24. The van der Waals surface area contributed by atoms with E-state index in [2.05, 4.69) is 153 Å². The molecule has 0 spiro atoms. The van der Waals surface area contributed by atoms with Crippen molar-refractivity contribution in [1.29, 1.82) is 0 Å². The number of hydrogen-bond donors (Lipinski definition) is 0. The number of hydrogen-bond acceptors (Lipinski definition) is 3. The van der Waals surface area contributed by atoms with Gasteiger partial charge in [0.15, 0.2) is 16.6 Å². The highest BCUT2D eigenvalue weighted by Crippen LogP contribution is 2.46. The molecule has 8 aromatic rings. The number of rotatable bonds is 3. The van der Waals surface area contributed by atoms with E-state index in [-0.39, 0.29) is 17.4 Å². The molecule has 5 heteroatoms. The van der Waals surface area contributed by atoms with E-state index >= 15 is 0 Å². The molecule has 0 radical (unpaired) electrons. The number of aliphatic imine (C=N–C) groups is 1. The van der Waals surface area contributed by atoms with Crippen molar-refractivity contribution in [1.82, 2.24) is 9.55 Å². The van der Waals surface area contributed by atoms with Crippen LogP contribution in [0.4, 0.5) is 0 Å². The largest absolute Gasteiger partial charge is 0.455 e. The Morgan fingerprint density at radius 1 is 0.893 bits per heavy atom. The summed E-state index contributed by atoms with van der Waals surface area (Å²) in [6, 6.07) is 39.4. The van der Waals surface area contributed by atoms with Gasteiger partial charge < -0.3 is 4.42 Å². The molecule has 0 amide bonds. The van der Waals surface area contributed by atoms with Crippen LogP contribution in [0, 0.1) is 6.92 Å². The maximum absolute atomic E-state index is 7.04. The first-order valence-corrected chi connectivity index (χ1v) is 19.7. The minimum absolute atomic E-state index is 0.00106. The SMILES string of the molecule is C=CC1=NC2CC(=C)n3c([n+](-c4ccc(-c5ccccc5)cc4C(C)(C)C)c4cnccc43)-c3c(cc(C)c4c3oc3ccccc34)CCC2c2ccccc21. The summed E-state index contributed by atoms with van der Waals surface area (Å²) in [7, 11) is 0. The van der Waals surface area contributed by atoms with Gasteiger partial charge in [-0.1, -0.05) is 119 Å². The second-order valence-corrected chi connectivity index (χ2v) is 16.5. The van der Waals surface area contributed by atoms with E-state index in [1.165, 1.54) is 38.9 Å². The van der Waals surface area contributed by atoms with Crippen molar-refractivity contribution in [3.63, 3.8) is 0 Å². The Morgan fingerprint density at radius 3 is 2.50 bits per heavy atom. The van der Waals surface area contributed by atoms with Crippen LogP contribution >= 0.6 is 0 Å². The molecule has 0 aliphatic carbocycles. The van der Waals surface area contributed by atoms with Gasteiger partial charge in [0.1, 0.15) is 22.5 Å². The lowest BCUT2D eigenvalue weighted by molar-refractivity contribution is -0.556. The molecule has 2 aliphatic rings. The van der Waals surface area contributed by atoms with E-state index in [0.29, 0.717) is 6.42 Å². The number of furan rings is 1. The fourth-order valence-corrected chi connectivity index (χ4v) is 9.55. The molecule has 5 aromatic carbocycles. The quantitative estimate of drug-likeness (QED) is 0.170. The molecule has 5 heterocycles. The van der Waals surface area contributed by atoms with E-state index in [1.54, 1.807) is 0 Å². The van der Waals surface area contributed by atoms with E-state index in [9.17, 15) is 0 Å². The lowest BCUT2D eigenvalue weighted by Gasteiger charge is -2.32. The summed E-state index contributed by atoms with van der Waals surface area (Å²) >= 11 is 0. The molecule has 56 heavy (non-hydrogen) atoms. The number of benzene rings is 5. The molecule has 0 saturated heterocycles. The predicted octanol–water partition coefficient (Wildman–Crippen LogP) is 12.1. The van der Waals surface area contributed by atoms with E-state index in [1.807, 2.05) is 18.5 Å². The van der Waals surface area contributed by atoms with Crippen LogP contribution in [0.15, 0.2) is 150 Å². The molecule has 0 fully saturated rings. The van der Waals surface area contributed by atoms with Crippen LogP contribution in [0.2, 0.25) is 0 Å². The Morgan fingerprint density at radius 2 is 1.68 bits per heavy atom. The number of pyridine rings is 1. The van der Waals surface area contributed by atoms with E-state index in [4.69, 9.17) is 21.0 Å². The van der Waals surface area contributed by atoms with Crippen molar-refractivity contribution in [3.05, 3.63) is 169 Å². The second-order valence-electron chi connectivity index (χ2n) is 16.5. The number of allylic oxidation sites excluding steroid dienone is 1. The average Bonchev–Trinajstić information content (AvgIpc) is 3.77. The third-order valence-electron chi connectivity index (χ3n) is 12.1. The normalized spacial score (nSPS) is 16.9. The van der Waals surface area contributed by atoms with Crippen LogP contribution in [-0.4, -0.2) is 21.3 Å². The summed E-state index contributed by atoms with van der Waals surface area (Å²) in [5.41, 5.74) is 16.4. The van der Waals surface area contributed by atoms with Gasteiger partial charge in [-0.05, 0) is 77.3 Å². The standard InChI is InChI=1S/C51H45N4O/c1-7-41-37-18-12-11-17-36(37)38-23-21-35-27-31(2)47-39-19-13-14-20-46(39)56-49(47)48(35)50-54(32(3)28-42(38)53-41)44-25-26-52-30-45(44)55(50)43-24-22-34(29-40(43)51(4,5)6)33-15-9-8-10-16-33/h7-20,22,24-27,29-30,38,42H,1,3,21,23,28H2,2,4-6H3/q+1. The van der Waals surface area contributed by atoms with Gasteiger partial charge in [0, 0.05) is 46.5 Å². The van der Waals surface area contributed by atoms with Gasteiger partial charge in [-0.15, -0.1) is 0 Å². The summed E-state index contributed by atoms with van der Waals surface area (Å²) in [6.07, 6.45) is 8.29. The molecule has 0 saturated carbocycles. The molecule has 2 aliphatic heterocycles. The maximum atomic E-state index is 7.04. The molecule has 0 bridgehead atoms. The van der Waals surface area contributed by atoms with Gasteiger partial charge in [-0.3, -0.25) is 9.98 Å². The molecule has 5 nitrogen and oxygen atoms in total. The number of nitrogens with zero attached hydrogens (tertiary/aromatic N) is 4. The zero-order valence-electron chi connectivity index (χ0n) is 32.5. The monoisotopic (exact) mass is 729 g/mol. The van der Waals surface area contributed by atoms with Crippen molar-refractivity contribution >= 4 is 44.4 Å². The maximum Gasteiger partial charge on any atom is 0.304 e. The molecular formula is C51H45N4O+. The predicted molar refractivity (Wildman–Crippen MR) is 231 cm³/mol. The Labute approximate surface area is 328 Å². The van der Waals surface area contributed by atoms with Gasteiger partial charge in [0.2, 0.25) is 0 Å². The third-order valence-corrected chi connectivity index (χ3v) is 12.1. The number of fused-ring (bicyclic) bond motifs is 12. The molecular weight excluding hydrogens is 685 g/mol. The lowest BCUT2D eigenvalue weighted by Crippen LogP contribution is -2.37. The first-order chi connectivity index (χ1) is 27.2. The molecule has 10 rings (SSSR count). The summed E-state index contributed by atoms with van der Waals surface area (Å²) in [4.78, 5) is 10.2. The van der Waals surface area contributed by atoms with Crippen molar-refractivity contribution in [2.45, 2.75) is 64.3 Å². The Hall–Kier alpha value is -6.33. The molecule has 2 unspecified atom stereocenters. The second kappa shape index (κ2) is 12.9. The molecule has 274 valence electrons. The van der Waals surface area contributed by atoms with Gasteiger partial charge in [-0.25, -0.2) is 0 Å². The van der Waals surface area contributed by atoms with Gasteiger partial charge >= 0.3 is 5.82 Å². The number of para-hydroxylation sites is 1. The number of aryl methyl sites for hydroxylation is 2. The topological polar surface area (TPSA) is 47.2 Å². The van der Waals surface area contributed by atoms with Crippen LogP contribution in [0.1, 0.15) is 67.3 Å². The summed E-state index contributed by atoms with van der Waals surface area (Å²) < 4.78 is 11.9. The van der Waals surface area contributed by atoms with Crippen molar-refractivity contribution in [2.75, 3.05) is 0 Å². The van der Waals surface area contributed by atoms with Crippen LogP contribution in [0.25, 0.3) is 66.9 Å². The van der Waals surface area contributed by atoms with Crippen LogP contribution in [-0.2, 0) is 11.8 Å². The zero-order chi connectivity index (χ0) is 38.3. The first kappa shape index (κ1) is 34.2.